The number of fused-ring (bicyclic) bond motifs is 1. The lowest BCUT2D eigenvalue weighted by Gasteiger charge is -2.14. The van der Waals surface area contributed by atoms with Crippen LogP contribution in [-0.4, -0.2) is 23.0 Å². The molecule has 1 aromatic carbocycles. The monoisotopic (exact) mass is 247 g/mol. The number of amides is 1. The lowest BCUT2D eigenvalue weighted by molar-refractivity contribution is -0.122. The van der Waals surface area contributed by atoms with Gasteiger partial charge in [-0.3, -0.25) is 4.79 Å². The van der Waals surface area contributed by atoms with Crippen molar-refractivity contribution >= 4 is 23.0 Å². The van der Waals surface area contributed by atoms with E-state index in [2.05, 4.69) is 15.6 Å². The van der Waals surface area contributed by atoms with Crippen LogP contribution in [-0.2, 0) is 4.79 Å². The molecular formula is C13H17N3O2. The Morgan fingerprint density at radius 3 is 2.67 bits per heavy atom. The molecule has 18 heavy (non-hydrogen) atoms. The molecule has 2 rings (SSSR count). The van der Waals surface area contributed by atoms with Crippen LogP contribution in [0.25, 0.3) is 11.1 Å². The zero-order chi connectivity index (χ0) is 13.1. The van der Waals surface area contributed by atoms with E-state index in [0.717, 1.165) is 5.52 Å². The van der Waals surface area contributed by atoms with Crippen molar-refractivity contribution in [3.05, 3.63) is 24.3 Å². The zero-order valence-corrected chi connectivity index (χ0v) is 10.7. The number of rotatable bonds is 4. The average Bonchev–Trinajstić information content (AvgIpc) is 2.69. The number of benzene rings is 1. The molecule has 0 aliphatic heterocycles. The highest BCUT2D eigenvalue weighted by atomic mass is 16.4. The topological polar surface area (TPSA) is 67.2 Å². The molecule has 0 radical (unpaired) electrons. The first-order chi connectivity index (χ1) is 8.56. The van der Waals surface area contributed by atoms with Gasteiger partial charge >= 0.3 is 0 Å². The van der Waals surface area contributed by atoms with Crippen molar-refractivity contribution in [3.8, 4) is 0 Å². The maximum atomic E-state index is 11.7. The second-order valence-corrected chi connectivity index (χ2v) is 4.52. The van der Waals surface area contributed by atoms with Gasteiger partial charge in [0, 0.05) is 6.04 Å². The zero-order valence-electron chi connectivity index (χ0n) is 10.7. The first-order valence-electron chi connectivity index (χ1n) is 5.99. The summed E-state index contributed by atoms with van der Waals surface area (Å²) in [6, 6.07) is 7.57. The summed E-state index contributed by atoms with van der Waals surface area (Å²) >= 11 is 0. The van der Waals surface area contributed by atoms with Crippen molar-refractivity contribution in [1.82, 2.24) is 10.3 Å². The van der Waals surface area contributed by atoms with Crippen LogP contribution in [0.4, 0.5) is 6.01 Å². The van der Waals surface area contributed by atoms with Gasteiger partial charge in [0.1, 0.15) is 11.6 Å². The van der Waals surface area contributed by atoms with Gasteiger partial charge < -0.3 is 15.1 Å². The van der Waals surface area contributed by atoms with Crippen LogP contribution in [0.2, 0.25) is 0 Å². The third-order valence-electron chi connectivity index (χ3n) is 2.46. The van der Waals surface area contributed by atoms with E-state index in [1.54, 1.807) is 6.92 Å². The predicted molar refractivity (Wildman–Crippen MR) is 70.4 cm³/mol. The van der Waals surface area contributed by atoms with Gasteiger partial charge in [0.2, 0.25) is 5.91 Å². The van der Waals surface area contributed by atoms with E-state index < -0.39 is 0 Å². The van der Waals surface area contributed by atoms with Crippen LogP contribution in [0.3, 0.4) is 0 Å². The summed E-state index contributed by atoms with van der Waals surface area (Å²) in [5.74, 6) is -0.0766. The Bertz CT molecular complexity index is 515. The number of nitrogens with one attached hydrogen (secondary N) is 2. The number of hydrogen-bond acceptors (Lipinski definition) is 4. The molecule has 1 atom stereocenters. The Kier molecular flexibility index (Phi) is 3.50. The highest BCUT2D eigenvalue weighted by Gasteiger charge is 2.15. The molecule has 5 nitrogen and oxygen atoms in total. The van der Waals surface area contributed by atoms with E-state index in [1.165, 1.54) is 0 Å². The lowest BCUT2D eigenvalue weighted by atomic mass is 10.3. The van der Waals surface area contributed by atoms with Crippen LogP contribution in [0.5, 0.6) is 0 Å². The summed E-state index contributed by atoms with van der Waals surface area (Å²) in [6.07, 6.45) is 0. The summed E-state index contributed by atoms with van der Waals surface area (Å²) in [5.41, 5.74) is 1.48. The Morgan fingerprint density at radius 1 is 1.28 bits per heavy atom. The summed E-state index contributed by atoms with van der Waals surface area (Å²) in [6.45, 7) is 5.61. The van der Waals surface area contributed by atoms with Crippen LogP contribution < -0.4 is 10.6 Å². The van der Waals surface area contributed by atoms with Gasteiger partial charge in [-0.1, -0.05) is 12.1 Å². The van der Waals surface area contributed by atoms with Crippen LogP contribution in [0.1, 0.15) is 20.8 Å². The molecule has 1 unspecified atom stereocenters. The second-order valence-electron chi connectivity index (χ2n) is 4.52. The fourth-order valence-corrected chi connectivity index (χ4v) is 1.59. The van der Waals surface area contributed by atoms with E-state index in [0.29, 0.717) is 11.6 Å². The van der Waals surface area contributed by atoms with E-state index in [1.807, 2.05) is 38.1 Å². The summed E-state index contributed by atoms with van der Waals surface area (Å²) in [5, 5.41) is 5.77. The highest BCUT2D eigenvalue weighted by Crippen LogP contribution is 2.18. The first-order valence-corrected chi connectivity index (χ1v) is 5.99. The summed E-state index contributed by atoms with van der Waals surface area (Å²) < 4.78 is 5.49. The number of aromatic nitrogens is 1. The standard InChI is InChI=1S/C13H17N3O2/c1-8(2)14-12(17)9(3)15-13-16-10-6-4-5-7-11(10)18-13/h4-9H,1-3H3,(H,14,17)(H,15,16). The lowest BCUT2D eigenvalue weighted by Crippen LogP contribution is -2.41. The van der Waals surface area contributed by atoms with Gasteiger partial charge in [0.15, 0.2) is 5.58 Å². The average molecular weight is 247 g/mol. The minimum Gasteiger partial charge on any atom is -0.424 e. The number of para-hydroxylation sites is 2. The smallest absolute Gasteiger partial charge is 0.296 e. The van der Waals surface area contributed by atoms with E-state index in [4.69, 9.17) is 4.42 Å². The number of anilines is 1. The molecule has 1 heterocycles. The molecule has 96 valence electrons. The molecule has 1 aromatic heterocycles. The third-order valence-corrected chi connectivity index (χ3v) is 2.46. The first kappa shape index (κ1) is 12.4. The minimum absolute atomic E-state index is 0.0766. The Labute approximate surface area is 106 Å². The maximum absolute atomic E-state index is 11.7. The van der Waals surface area contributed by atoms with Crippen molar-refractivity contribution in [2.75, 3.05) is 5.32 Å². The maximum Gasteiger partial charge on any atom is 0.296 e. The molecule has 1 amide bonds. The predicted octanol–water partition coefficient (Wildman–Crippen LogP) is 2.15. The molecule has 0 bridgehead atoms. The van der Waals surface area contributed by atoms with Crippen molar-refractivity contribution in [2.24, 2.45) is 0 Å². The Morgan fingerprint density at radius 2 is 2.00 bits per heavy atom. The number of hydrogen-bond donors (Lipinski definition) is 2. The van der Waals surface area contributed by atoms with Gasteiger partial charge in [0.25, 0.3) is 6.01 Å². The highest BCUT2D eigenvalue weighted by molar-refractivity contribution is 5.84. The molecule has 0 spiro atoms. The summed E-state index contributed by atoms with van der Waals surface area (Å²) in [4.78, 5) is 16.0. The Hall–Kier alpha value is -2.04. The van der Waals surface area contributed by atoms with Crippen LogP contribution in [0, 0.1) is 0 Å². The fourth-order valence-electron chi connectivity index (χ4n) is 1.59. The number of carbonyl (C=O) groups excluding carboxylic acids is 1. The fraction of sp³-hybridized carbons (Fsp3) is 0.385. The molecule has 0 saturated heterocycles. The molecular weight excluding hydrogens is 230 g/mol. The molecule has 2 N–H and O–H groups in total. The van der Waals surface area contributed by atoms with Gasteiger partial charge in [-0.25, -0.2) is 0 Å². The quantitative estimate of drug-likeness (QED) is 0.868. The normalized spacial score (nSPS) is 12.7. The van der Waals surface area contributed by atoms with E-state index in [9.17, 15) is 4.79 Å². The summed E-state index contributed by atoms with van der Waals surface area (Å²) in [7, 11) is 0. The van der Waals surface area contributed by atoms with Crippen molar-refractivity contribution in [2.45, 2.75) is 32.9 Å². The van der Waals surface area contributed by atoms with E-state index >= 15 is 0 Å². The third kappa shape index (κ3) is 2.80. The van der Waals surface area contributed by atoms with Gasteiger partial charge in [0.05, 0.1) is 0 Å². The van der Waals surface area contributed by atoms with Gasteiger partial charge in [-0.2, -0.15) is 4.98 Å². The van der Waals surface area contributed by atoms with Crippen LogP contribution in [0.15, 0.2) is 28.7 Å². The van der Waals surface area contributed by atoms with Crippen LogP contribution >= 0.6 is 0 Å². The minimum atomic E-state index is -0.388. The van der Waals surface area contributed by atoms with Crippen molar-refractivity contribution in [1.29, 1.82) is 0 Å². The van der Waals surface area contributed by atoms with E-state index in [-0.39, 0.29) is 18.0 Å². The molecule has 0 fully saturated rings. The largest absolute Gasteiger partial charge is 0.424 e. The van der Waals surface area contributed by atoms with Gasteiger partial charge in [-0.15, -0.1) is 0 Å². The second kappa shape index (κ2) is 5.08. The molecule has 0 saturated carbocycles. The number of carbonyl (C=O) groups is 1. The van der Waals surface area contributed by atoms with Gasteiger partial charge in [-0.05, 0) is 32.9 Å². The van der Waals surface area contributed by atoms with Crippen molar-refractivity contribution in [3.63, 3.8) is 0 Å². The number of oxazole rings is 1. The number of nitrogens with zero attached hydrogens (tertiary/aromatic N) is 1. The van der Waals surface area contributed by atoms with Crippen molar-refractivity contribution < 1.29 is 9.21 Å². The SMILES string of the molecule is CC(C)NC(=O)C(C)Nc1nc2ccccc2o1. The molecule has 2 aromatic rings. The molecule has 0 aliphatic rings. The molecule has 0 aliphatic carbocycles. The molecule has 5 heteroatoms. The Balaban J connectivity index is 2.06.